The average molecular weight is 392 g/mol. The molecule has 152 valence electrons. The van der Waals surface area contributed by atoms with Crippen molar-refractivity contribution in [2.24, 2.45) is 0 Å². The topological polar surface area (TPSA) is 58.6 Å². The van der Waals surface area contributed by atoms with Crippen molar-refractivity contribution in [1.82, 2.24) is 10.2 Å². The summed E-state index contributed by atoms with van der Waals surface area (Å²) < 4.78 is 6.03. The van der Waals surface area contributed by atoms with Crippen LogP contribution in [-0.2, 0) is 4.79 Å². The zero-order valence-corrected chi connectivity index (χ0v) is 17.2. The monoisotopic (exact) mass is 392 g/mol. The lowest BCUT2D eigenvalue weighted by atomic mass is 10.0. The highest BCUT2D eigenvalue weighted by molar-refractivity contribution is 5.99. The average Bonchev–Trinajstić information content (AvgIpc) is 2.74. The maximum absolute atomic E-state index is 13.1. The quantitative estimate of drug-likeness (QED) is 0.743. The molecule has 2 aromatic carbocycles. The van der Waals surface area contributed by atoms with E-state index in [1.807, 2.05) is 43.3 Å². The summed E-state index contributed by atoms with van der Waals surface area (Å²) in [6.45, 7) is 3.73. The molecule has 1 aliphatic rings. The Bertz CT molecular complexity index is 879. The second kappa shape index (κ2) is 9.41. The second-order valence-electron chi connectivity index (χ2n) is 7.43. The van der Waals surface area contributed by atoms with Gasteiger partial charge in [-0.25, -0.2) is 0 Å². The Balaban J connectivity index is 1.92. The Morgan fingerprint density at radius 2 is 1.59 bits per heavy atom. The summed E-state index contributed by atoms with van der Waals surface area (Å²) in [5.41, 5.74) is 1.50. The SMILES string of the molecule is C[C@@H]1C/C=C/C[C@H](c2ccccc2)NC(=O)[C@H](C)N(C)C(=O)c2ccccc2O1. The Hall–Kier alpha value is -3.08. The molecule has 3 rings (SSSR count). The first-order valence-electron chi connectivity index (χ1n) is 10.0. The van der Waals surface area contributed by atoms with Gasteiger partial charge in [0.1, 0.15) is 11.8 Å². The molecule has 0 spiro atoms. The third kappa shape index (κ3) is 5.05. The molecule has 29 heavy (non-hydrogen) atoms. The van der Waals surface area contributed by atoms with Crippen molar-refractivity contribution < 1.29 is 14.3 Å². The number of para-hydroxylation sites is 1. The molecule has 0 unspecified atom stereocenters. The van der Waals surface area contributed by atoms with E-state index in [0.29, 0.717) is 24.2 Å². The van der Waals surface area contributed by atoms with Crippen LogP contribution in [0.2, 0.25) is 0 Å². The number of hydrogen-bond donors (Lipinski definition) is 1. The summed E-state index contributed by atoms with van der Waals surface area (Å²) in [5.74, 6) is 0.114. The van der Waals surface area contributed by atoms with Gasteiger partial charge in [-0.05, 0) is 38.0 Å². The molecule has 5 heteroatoms. The minimum absolute atomic E-state index is 0.0735. The van der Waals surface area contributed by atoms with E-state index in [-0.39, 0.29) is 24.0 Å². The molecule has 0 bridgehead atoms. The molecule has 0 saturated carbocycles. The number of likely N-dealkylation sites (N-methyl/N-ethyl adjacent to an activating group) is 1. The van der Waals surface area contributed by atoms with Gasteiger partial charge in [0.15, 0.2) is 0 Å². The van der Waals surface area contributed by atoms with Gasteiger partial charge in [-0.15, -0.1) is 0 Å². The van der Waals surface area contributed by atoms with Crippen LogP contribution in [0.3, 0.4) is 0 Å². The number of hydrogen-bond acceptors (Lipinski definition) is 3. The number of amides is 2. The van der Waals surface area contributed by atoms with Gasteiger partial charge in [0, 0.05) is 13.5 Å². The number of ether oxygens (including phenoxy) is 1. The van der Waals surface area contributed by atoms with Gasteiger partial charge < -0.3 is 15.0 Å². The van der Waals surface area contributed by atoms with Crippen molar-refractivity contribution >= 4 is 11.8 Å². The normalized spacial score (nSPS) is 24.7. The highest BCUT2D eigenvalue weighted by atomic mass is 16.5. The molecular formula is C24H28N2O3. The number of fused-ring (bicyclic) bond motifs is 1. The van der Waals surface area contributed by atoms with Crippen LogP contribution in [0, 0.1) is 0 Å². The molecule has 5 nitrogen and oxygen atoms in total. The number of carbonyl (C=O) groups excluding carboxylic acids is 2. The van der Waals surface area contributed by atoms with Crippen LogP contribution in [0.4, 0.5) is 0 Å². The van der Waals surface area contributed by atoms with Gasteiger partial charge in [0.05, 0.1) is 17.7 Å². The summed E-state index contributed by atoms with van der Waals surface area (Å²) in [4.78, 5) is 27.5. The zero-order valence-electron chi connectivity index (χ0n) is 17.2. The van der Waals surface area contributed by atoms with Crippen LogP contribution in [0.1, 0.15) is 48.7 Å². The molecule has 0 aliphatic carbocycles. The van der Waals surface area contributed by atoms with E-state index in [2.05, 4.69) is 17.5 Å². The summed E-state index contributed by atoms with van der Waals surface area (Å²) >= 11 is 0. The Morgan fingerprint density at radius 3 is 2.34 bits per heavy atom. The maximum Gasteiger partial charge on any atom is 0.258 e. The molecule has 3 atom stereocenters. The molecule has 1 heterocycles. The van der Waals surface area contributed by atoms with Crippen molar-refractivity contribution in [3.8, 4) is 5.75 Å². The van der Waals surface area contributed by atoms with Gasteiger partial charge in [0.25, 0.3) is 5.91 Å². The van der Waals surface area contributed by atoms with Crippen LogP contribution in [0.15, 0.2) is 66.7 Å². The zero-order chi connectivity index (χ0) is 20.8. The summed E-state index contributed by atoms with van der Waals surface area (Å²) in [6.07, 6.45) is 5.46. The van der Waals surface area contributed by atoms with E-state index in [0.717, 1.165) is 5.56 Å². The van der Waals surface area contributed by atoms with Crippen LogP contribution in [0.5, 0.6) is 5.75 Å². The highest BCUT2D eigenvalue weighted by Crippen LogP contribution is 2.24. The molecule has 0 saturated heterocycles. The predicted octanol–water partition coefficient (Wildman–Crippen LogP) is 4.12. The van der Waals surface area contributed by atoms with E-state index >= 15 is 0 Å². The fourth-order valence-corrected chi connectivity index (χ4v) is 3.33. The van der Waals surface area contributed by atoms with Gasteiger partial charge in [-0.3, -0.25) is 9.59 Å². The predicted molar refractivity (Wildman–Crippen MR) is 114 cm³/mol. The number of benzene rings is 2. The molecule has 1 aliphatic heterocycles. The van der Waals surface area contributed by atoms with Gasteiger partial charge in [0.2, 0.25) is 5.91 Å². The number of nitrogens with one attached hydrogen (secondary N) is 1. The largest absolute Gasteiger partial charge is 0.490 e. The van der Waals surface area contributed by atoms with E-state index in [1.165, 1.54) is 4.90 Å². The summed E-state index contributed by atoms with van der Waals surface area (Å²) in [7, 11) is 1.65. The van der Waals surface area contributed by atoms with Crippen LogP contribution in [0.25, 0.3) is 0 Å². The van der Waals surface area contributed by atoms with E-state index in [1.54, 1.807) is 32.2 Å². The van der Waals surface area contributed by atoms with Crippen molar-refractivity contribution in [3.63, 3.8) is 0 Å². The van der Waals surface area contributed by atoms with Crippen molar-refractivity contribution in [3.05, 3.63) is 77.9 Å². The fraction of sp³-hybridized carbons (Fsp3) is 0.333. The first-order valence-corrected chi connectivity index (χ1v) is 10.0. The first-order chi connectivity index (χ1) is 14.0. The second-order valence-corrected chi connectivity index (χ2v) is 7.43. The summed E-state index contributed by atoms with van der Waals surface area (Å²) in [6, 6.07) is 16.3. The Morgan fingerprint density at radius 1 is 0.931 bits per heavy atom. The third-order valence-electron chi connectivity index (χ3n) is 5.25. The number of rotatable bonds is 1. The standard InChI is InChI=1S/C24H28N2O3/c1-17-11-7-9-15-21(19-12-5-4-6-13-19)25-23(27)18(2)26(3)24(28)20-14-8-10-16-22(20)29-17/h4-10,12-14,16-18,21H,11,15H2,1-3H3,(H,25,27)/b9-7+/t17-,18+,21-/m1/s1. The summed E-state index contributed by atoms with van der Waals surface area (Å²) in [5, 5.41) is 3.11. The molecule has 0 fully saturated rings. The van der Waals surface area contributed by atoms with Gasteiger partial charge in [-0.1, -0.05) is 54.6 Å². The lowest BCUT2D eigenvalue weighted by Crippen LogP contribution is -2.47. The number of carbonyl (C=O) groups is 2. The smallest absolute Gasteiger partial charge is 0.258 e. The Labute approximate surface area is 172 Å². The lowest BCUT2D eigenvalue weighted by molar-refractivity contribution is -0.125. The van der Waals surface area contributed by atoms with E-state index < -0.39 is 6.04 Å². The van der Waals surface area contributed by atoms with E-state index in [4.69, 9.17) is 4.74 Å². The van der Waals surface area contributed by atoms with Crippen LogP contribution >= 0.6 is 0 Å². The molecular weight excluding hydrogens is 364 g/mol. The lowest BCUT2D eigenvalue weighted by Gasteiger charge is -2.28. The van der Waals surface area contributed by atoms with Crippen molar-refractivity contribution in [2.45, 2.75) is 44.9 Å². The highest BCUT2D eigenvalue weighted by Gasteiger charge is 2.27. The molecule has 2 amide bonds. The van der Waals surface area contributed by atoms with Gasteiger partial charge >= 0.3 is 0 Å². The van der Waals surface area contributed by atoms with Crippen LogP contribution < -0.4 is 10.1 Å². The fourth-order valence-electron chi connectivity index (χ4n) is 3.33. The molecule has 2 aromatic rings. The molecule has 0 radical (unpaired) electrons. The van der Waals surface area contributed by atoms with Crippen LogP contribution in [-0.4, -0.2) is 35.9 Å². The third-order valence-corrected chi connectivity index (χ3v) is 5.25. The Kier molecular flexibility index (Phi) is 6.70. The number of nitrogens with zero attached hydrogens (tertiary/aromatic N) is 1. The van der Waals surface area contributed by atoms with Crippen molar-refractivity contribution in [2.75, 3.05) is 7.05 Å². The maximum atomic E-state index is 13.1. The van der Waals surface area contributed by atoms with Crippen molar-refractivity contribution in [1.29, 1.82) is 0 Å². The minimum atomic E-state index is -0.619. The minimum Gasteiger partial charge on any atom is -0.490 e. The molecule has 1 N–H and O–H groups in total. The molecule has 0 aromatic heterocycles. The van der Waals surface area contributed by atoms with Gasteiger partial charge in [-0.2, -0.15) is 0 Å². The van der Waals surface area contributed by atoms with E-state index in [9.17, 15) is 9.59 Å². The first kappa shape index (κ1) is 20.6.